The molecule has 0 saturated carbocycles. The van der Waals surface area contributed by atoms with Gasteiger partial charge in [-0.25, -0.2) is 21.6 Å². The van der Waals surface area contributed by atoms with Crippen molar-refractivity contribution in [1.82, 2.24) is 4.13 Å². The Morgan fingerprint density at radius 1 is 0.920 bits per heavy atom. The van der Waals surface area contributed by atoms with Crippen LogP contribution in [-0.4, -0.2) is 22.8 Å². The molecule has 0 spiro atoms. The molecule has 0 atom stereocenters. The van der Waals surface area contributed by atoms with Crippen LogP contribution in [0.4, 0.5) is 0 Å². The van der Waals surface area contributed by atoms with Crippen LogP contribution in [-0.2, 0) is 24.8 Å². The molecule has 0 fully saturated rings. The summed E-state index contributed by atoms with van der Waals surface area (Å²) in [5.74, 6) is -0.771. The first kappa shape index (κ1) is 18.8. The van der Waals surface area contributed by atoms with Gasteiger partial charge in [0.25, 0.3) is 20.0 Å². The maximum atomic E-state index is 12.3. The van der Waals surface area contributed by atoms with E-state index in [9.17, 15) is 21.6 Å². The van der Waals surface area contributed by atoms with E-state index < -0.39 is 26.0 Å². The van der Waals surface area contributed by atoms with Crippen molar-refractivity contribution in [2.24, 2.45) is 0 Å². The highest BCUT2D eigenvalue weighted by molar-refractivity contribution is 8.04. The summed E-state index contributed by atoms with van der Waals surface area (Å²) in [4.78, 5) is 11.0. The van der Waals surface area contributed by atoms with E-state index in [-0.39, 0.29) is 21.1 Å². The van der Waals surface area contributed by atoms with Crippen LogP contribution in [0.25, 0.3) is 0 Å². The molecule has 2 rings (SSSR count). The van der Waals surface area contributed by atoms with E-state index in [1.54, 1.807) is 10.2 Å². The fourth-order valence-electron chi connectivity index (χ4n) is 1.74. The first-order valence-corrected chi connectivity index (χ1v) is 9.90. The number of benzene rings is 2. The summed E-state index contributed by atoms with van der Waals surface area (Å²) in [6.07, 6.45) is 0. The van der Waals surface area contributed by atoms with Crippen LogP contribution in [0.5, 0.6) is 5.75 Å². The first-order chi connectivity index (χ1) is 11.6. The van der Waals surface area contributed by atoms with E-state index in [4.69, 9.17) is 4.74 Å². The van der Waals surface area contributed by atoms with E-state index in [0.717, 1.165) is 6.07 Å². The Labute approximate surface area is 146 Å². The predicted molar refractivity (Wildman–Crippen MR) is 90.8 cm³/mol. The van der Waals surface area contributed by atoms with Gasteiger partial charge in [0.05, 0.1) is 9.79 Å². The monoisotopic (exact) mass is 381 g/mol. The number of esters is 1. The zero-order valence-electron chi connectivity index (χ0n) is 13.2. The molecule has 0 unspecified atom stereocenters. The molecule has 0 radical (unpaired) electrons. The molecule has 0 aliphatic carbocycles. The smallest absolute Gasteiger partial charge is 0.338 e. The summed E-state index contributed by atoms with van der Waals surface area (Å²) in [6, 6.07) is 12.0. The summed E-state index contributed by atoms with van der Waals surface area (Å²) in [6.45, 7) is 4.86. The van der Waals surface area contributed by atoms with Gasteiger partial charge in [-0.1, -0.05) is 30.8 Å². The topological polar surface area (TPSA) is 107 Å². The maximum absolute atomic E-state index is 12.3. The highest BCUT2D eigenvalue weighted by atomic mass is 32.3. The molecule has 0 aromatic heterocycles. The standard InChI is InChI=1S/C16H15NO6S2/c1-12(2)16(18)23-13-7-6-10-15(11-13)25(21,22)17-24(19,20)14-8-4-3-5-9-14/h3-11,17H,1H2,2H3. The van der Waals surface area contributed by atoms with Crippen LogP contribution in [0.2, 0.25) is 0 Å². The van der Waals surface area contributed by atoms with Crippen molar-refractivity contribution >= 4 is 26.0 Å². The lowest BCUT2D eigenvalue weighted by atomic mass is 10.3. The minimum absolute atomic E-state index is 0.0482. The van der Waals surface area contributed by atoms with Crippen molar-refractivity contribution in [3.05, 3.63) is 66.7 Å². The summed E-state index contributed by atoms with van der Waals surface area (Å²) in [5, 5.41) is 0. The zero-order valence-corrected chi connectivity index (χ0v) is 14.8. The SMILES string of the molecule is C=C(C)C(=O)Oc1cccc(S(=O)(=O)NS(=O)(=O)c2ccccc2)c1. The van der Waals surface area contributed by atoms with Crippen LogP contribution in [0, 0.1) is 0 Å². The van der Waals surface area contributed by atoms with Crippen molar-refractivity contribution in [3.63, 3.8) is 0 Å². The molecule has 132 valence electrons. The highest BCUT2D eigenvalue weighted by Gasteiger charge is 2.25. The van der Waals surface area contributed by atoms with Crippen molar-refractivity contribution in [2.45, 2.75) is 16.7 Å². The number of sulfonamides is 2. The lowest BCUT2D eigenvalue weighted by Crippen LogP contribution is -2.30. The van der Waals surface area contributed by atoms with Crippen molar-refractivity contribution in [2.75, 3.05) is 0 Å². The van der Waals surface area contributed by atoms with E-state index in [0.29, 0.717) is 0 Å². The van der Waals surface area contributed by atoms with Gasteiger partial charge in [-0.2, -0.15) is 0 Å². The number of rotatable bonds is 6. The van der Waals surface area contributed by atoms with Gasteiger partial charge >= 0.3 is 5.97 Å². The fourth-order valence-corrected chi connectivity index (χ4v) is 4.71. The Balaban J connectivity index is 2.31. The van der Waals surface area contributed by atoms with Gasteiger partial charge in [0.2, 0.25) is 0 Å². The molecule has 0 saturated heterocycles. The number of carbonyl (C=O) groups is 1. The molecule has 0 amide bonds. The Kier molecular flexibility index (Phi) is 5.41. The number of ether oxygens (including phenoxy) is 1. The number of carbonyl (C=O) groups excluding carboxylic acids is 1. The van der Waals surface area contributed by atoms with Crippen LogP contribution in [0.3, 0.4) is 0 Å². The van der Waals surface area contributed by atoms with Gasteiger partial charge in [-0.05, 0) is 31.2 Å². The maximum Gasteiger partial charge on any atom is 0.338 e. The molecular formula is C16H15NO6S2. The normalized spacial score (nSPS) is 11.7. The van der Waals surface area contributed by atoms with Gasteiger partial charge in [0, 0.05) is 11.6 Å². The molecule has 0 aliphatic heterocycles. The third kappa shape index (κ3) is 4.75. The first-order valence-electron chi connectivity index (χ1n) is 6.93. The Hall–Kier alpha value is -2.49. The second-order valence-electron chi connectivity index (χ2n) is 5.05. The minimum Gasteiger partial charge on any atom is -0.423 e. The van der Waals surface area contributed by atoms with Crippen LogP contribution in [0.1, 0.15) is 6.92 Å². The predicted octanol–water partition coefficient (Wildman–Crippen LogP) is 1.84. The molecule has 1 N–H and O–H groups in total. The van der Waals surface area contributed by atoms with Crippen LogP contribution >= 0.6 is 0 Å². The van der Waals surface area contributed by atoms with E-state index in [1.165, 1.54) is 49.4 Å². The van der Waals surface area contributed by atoms with Gasteiger partial charge in [-0.15, -0.1) is 4.13 Å². The van der Waals surface area contributed by atoms with E-state index in [1.807, 2.05) is 0 Å². The number of nitrogens with one attached hydrogen (secondary N) is 1. The molecule has 0 aliphatic rings. The molecule has 2 aromatic carbocycles. The van der Waals surface area contributed by atoms with Crippen molar-refractivity contribution in [3.8, 4) is 5.75 Å². The third-order valence-electron chi connectivity index (χ3n) is 2.95. The van der Waals surface area contributed by atoms with E-state index in [2.05, 4.69) is 6.58 Å². The van der Waals surface area contributed by atoms with Gasteiger partial charge < -0.3 is 4.74 Å². The molecule has 0 heterocycles. The van der Waals surface area contributed by atoms with Gasteiger partial charge in [-0.3, -0.25) is 0 Å². The van der Waals surface area contributed by atoms with E-state index >= 15 is 0 Å². The average molecular weight is 381 g/mol. The van der Waals surface area contributed by atoms with Gasteiger partial charge in [0.1, 0.15) is 5.75 Å². The molecule has 25 heavy (non-hydrogen) atoms. The lowest BCUT2D eigenvalue weighted by molar-refractivity contribution is -0.130. The zero-order chi connectivity index (χ0) is 18.7. The highest BCUT2D eigenvalue weighted by Crippen LogP contribution is 2.20. The summed E-state index contributed by atoms with van der Waals surface area (Å²) in [5.41, 5.74) is 0.137. The average Bonchev–Trinajstić information content (AvgIpc) is 2.55. The van der Waals surface area contributed by atoms with Crippen LogP contribution < -0.4 is 8.86 Å². The van der Waals surface area contributed by atoms with Gasteiger partial charge in [0.15, 0.2) is 0 Å². The minimum atomic E-state index is -4.40. The number of hydrogen-bond donors (Lipinski definition) is 1. The lowest BCUT2D eigenvalue weighted by Gasteiger charge is -2.09. The molecule has 0 bridgehead atoms. The van der Waals surface area contributed by atoms with Crippen molar-refractivity contribution < 1.29 is 26.4 Å². The largest absolute Gasteiger partial charge is 0.423 e. The molecule has 9 heteroatoms. The quantitative estimate of drug-likeness (QED) is 0.465. The Bertz CT molecular complexity index is 1010. The summed E-state index contributed by atoms with van der Waals surface area (Å²) in [7, 11) is -8.67. The molecule has 2 aromatic rings. The second-order valence-corrected chi connectivity index (χ2v) is 8.67. The Morgan fingerprint density at radius 3 is 2.08 bits per heavy atom. The fraction of sp³-hybridized carbons (Fsp3) is 0.0625. The molecular weight excluding hydrogens is 366 g/mol. The van der Waals surface area contributed by atoms with Crippen molar-refractivity contribution in [1.29, 1.82) is 0 Å². The Morgan fingerprint density at radius 2 is 1.48 bits per heavy atom. The molecule has 7 nitrogen and oxygen atoms in total. The second kappa shape index (κ2) is 7.18. The summed E-state index contributed by atoms with van der Waals surface area (Å²) >= 11 is 0. The van der Waals surface area contributed by atoms with Crippen LogP contribution in [0.15, 0.2) is 76.5 Å². The summed E-state index contributed by atoms with van der Waals surface area (Å²) < 4.78 is 55.7. The number of hydrogen-bond acceptors (Lipinski definition) is 6. The third-order valence-corrected chi connectivity index (χ3v) is 6.47.